The Morgan fingerprint density at radius 3 is 2.92 bits per heavy atom. The first-order chi connectivity index (χ1) is 11.5. The van der Waals surface area contributed by atoms with Crippen molar-refractivity contribution in [3.8, 4) is 5.75 Å². The van der Waals surface area contributed by atoms with Crippen LogP contribution in [-0.4, -0.2) is 26.7 Å². The summed E-state index contributed by atoms with van der Waals surface area (Å²) in [4.78, 5) is 23.7. The lowest BCUT2D eigenvalue weighted by atomic mass is 9.99. The highest BCUT2D eigenvalue weighted by Gasteiger charge is 2.35. The maximum absolute atomic E-state index is 12.2. The van der Waals surface area contributed by atoms with Gasteiger partial charge in [0.15, 0.2) is 0 Å². The molecular formula is C16H15N3O4S. The average molecular weight is 345 g/mol. The number of non-ortho nitro benzene ring substituents is 1. The molecular weight excluding hydrogens is 330 g/mol. The highest BCUT2D eigenvalue weighted by molar-refractivity contribution is 7.12. The molecule has 2 heterocycles. The third-order valence-corrected chi connectivity index (χ3v) is 4.77. The molecule has 0 saturated carbocycles. The van der Waals surface area contributed by atoms with E-state index in [1.54, 1.807) is 6.92 Å². The number of thiophene rings is 1. The molecule has 1 amide bonds. The number of hydrogen-bond donors (Lipinski definition) is 1. The SMILES string of the molecule is CCC(=O)N1N=C(c2cccs2)CC1c1cc([N+](=O)[O-])ccc1O. The number of aromatic hydroxyl groups is 1. The van der Waals surface area contributed by atoms with Gasteiger partial charge >= 0.3 is 0 Å². The molecule has 1 aliphatic heterocycles. The molecule has 1 aromatic heterocycles. The molecule has 0 bridgehead atoms. The summed E-state index contributed by atoms with van der Waals surface area (Å²) >= 11 is 1.51. The predicted molar refractivity (Wildman–Crippen MR) is 90.1 cm³/mol. The molecule has 0 fully saturated rings. The van der Waals surface area contributed by atoms with Gasteiger partial charge < -0.3 is 5.11 Å². The van der Waals surface area contributed by atoms with Crippen molar-refractivity contribution in [2.45, 2.75) is 25.8 Å². The monoisotopic (exact) mass is 345 g/mol. The topological polar surface area (TPSA) is 96.0 Å². The number of hydrazone groups is 1. The predicted octanol–water partition coefficient (Wildman–Crippen LogP) is 3.45. The summed E-state index contributed by atoms with van der Waals surface area (Å²) in [7, 11) is 0. The number of hydrogen-bond acceptors (Lipinski definition) is 6. The summed E-state index contributed by atoms with van der Waals surface area (Å²) in [5.41, 5.74) is 0.945. The van der Waals surface area contributed by atoms with Crippen LogP contribution in [0.25, 0.3) is 0 Å². The zero-order chi connectivity index (χ0) is 17.3. The van der Waals surface area contributed by atoms with Gasteiger partial charge in [-0.05, 0) is 17.5 Å². The fourth-order valence-electron chi connectivity index (χ4n) is 2.66. The second-order valence-electron chi connectivity index (χ2n) is 5.34. The van der Waals surface area contributed by atoms with Crippen LogP contribution >= 0.6 is 11.3 Å². The van der Waals surface area contributed by atoms with Gasteiger partial charge in [-0.1, -0.05) is 13.0 Å². The number of phenols is 1. The van der Waals surface area contributed by atoms with Crippen molar-refractivity contribution in [3.05, 3.63) is 56.3 Å². The van der Waals surface area contributed by atoms with Crippen molar-refractivity contribution >= 4 is 28.6 Å². The van der Waals surface area contributed by atoms with E-state index in [1.807, 2.05) is 17.5 Å². The highest BCUT2D eigenvalue weighted by atomic mass is 32.1. The molecule has 0 saturated heterocycles. The summed E-state index contributed by atoms with van der Waals surface area (Å²) in [6, 6.07) is 7.09. The van der Waals surface area contributed by atoms with E-state index in [0.29, 0.717) is 12.0 Å². The third kappa shape index (κ3) is 2.88. The van der Waals surface area contributed by atoms with Gasteiger partial charge in [0.1, 0.15) is 5.75 Å². The quantitative estimate of drug-likeness (QED) is 0.678. The normalized spacial score (nSPS) is 17.0. The lowest BCUT2D eigenvalue weighted by molar-refractivity contribution is -0.385. The molecule has 7 nitrogen and oxygen atoms in total. The van der Waals surface area contributed by atoms with E-state index in [2.05, 4.69) is 5.10 Å². The number of carbonyl (C=O) groups excluding carboxylic acids is 1. The number of amides is 1. The van der Waals surface area contributed by atoms with Crippen LogP contribution in [0.5, 0.6) is 5.75 Å². The van der Waals surface area contributed by atoms with Gasteiger partial charge in [0.2, 0.25) is 5.91 Å². The molecule has 24 heavy (non-hydrogen) atoms. The van der Waals surface area contributed by atoms with E-state index >= 15 is 0 Å². The number of nitrogens with zero attached hydrogens (tertiary/aromatic N) is 3. The van der Waals surface area contributed by atoms with Crippen LogP contribution in [0.15, 0.2) is 40.8 Å². The molecule has 8 heteroatoms. The van der Waals surface area contributed by atoms with Crippen molar-refractivity contribution < 1.29 is 14.8 Å². The first kappa shape index (κ1) is 16.1. The van der Waals surface area contributed by atoms with Crippen LogP contribution in [0.3, 0.4) is 0 Å². The van der Waals surface area contributed by atoms with Crippen LogP contribution in [-0.2, 0) is 4.79 Å². The largest absolute Gasteiger partial charge is 0.508 e. The van der Waals surface area contributed by atoms with Crippen molar-refractivity contribution in [2.75, 3.05) is 0 Å². The molecule has 1 N–H and O–H groups in total. The Bertz CT molecular complexity index is 817. The van der Waals surface area contributed by atoms with Gasteiger partial charge in [-0.3, -0.25) is 14.9 Å². The molecule has 0 aliphatic carbocycles. The number of rotatable bonds is 4. The van der Waals surface area contributed by atoms with Gasteiger partial charge in [0.05, 0.1) is 21.6 Å². The number of benzene rings is 1. The third-order valence-electron chi connectivity index (χ3n) is 3.85. The number of nitro benzene ring substituents is 1. The molecule has 124 valence electrons. The minimum absolute atomic E-state index is 0.0814. The Kier molecular flexibility index (Phi) is 4.30. The van der Waals surface area contributed by atoms with Crippen molar-refractivity contribution in [3.63, 3.8) is 0 Å². The number of carbonyl (C=O) groups is 1. The summed E-state index contributed by atoms with van der Waals surface area (Å²) in [6.45, 7) is 1.73. The van der Waals surface area contributed by atoms with E-state index in [9.17, 15) is 20.0 Å². The van der Waals surface area contributed by atoms with E-state index in [1.165, 1.54) is 34.5 Å². The second-order valence-corrected chi connectivity index (χ2v) is 6.28. The molecule has 1 atom stereocenters. The smallest absolute Gasteiger partial charge is 0.270 e. The number of nitro groups is 1. The van der Waals surface area contributed by atoms with Crippen molar-refractivity contribution in [1.82, 2.24) is 5.01 Å². The lowest BCUT2D eigenvalue weighted by Crippen LogP contribution is -2.26. The van der Waals surface area contributed by atoms with Gasteiger partial charge in [0.25, 0.3) is 5.69 Å². The first-order valence-electron chi connectivity index (χ1n) is 7.42. The van der Waals surface area contributed by atoms with Crippen LogP contribution in [0.4, 0.5) is 5.69 Å². The summed E-state index contributed by atoms with van der Waals surface area (Å²) in [6.07, 6.45) is 0.661. The zero-order valence-electron chi connectivity index (χ0n) is 12.9. The van der Waals surface area contributed by atoms with Gasteiger partial charge in [-0.15, -0.1) is 11.3 Å². The Hall–Kier alpha value is -2.74. The molecule has 0 radical (unpaired) electrons. The van der Waals surface area contributed by atoms with Gasteiger partial charge in [0, 0.05) is 30.5 Å². The highest BCUT2D eigenvalue weighted by Crippen LogP contribution is 2.39. The Morgan fingerprint density at radius 2 is 2.29 bits per heavy atom. The van der Waals surface area contributed by atoms with Gasteiger partial charge in [-0.25, -0.2) is 5.01 Å². The average Bonchev–Trinajstić information content (AvgIpc) is 3.23. The molecule has 1 unspecified atom stereocenters. The standard InChI is InChI=1S/C16H15N3O4S/c1-2-16(21)18-13(9-12(17-18)15-4-3-7-24-15)11-8-10(19(22)23)5-6-14(11)20/h3-8,13,20H,2,9H2,1H3. The van der Waals surface area contributed by atoms with Crippen LogP contribution < -0.4 is 0 Å². The minimum atomic E-state index is -0.547. The second kappa shape index (κ2) is 6.40. The molecule has 2 aromatic rings. The van der Waals surface area contributed by atoms with Crippen LogP contribution in [0.1, 0.15) is 36.2 Å². The van der Waals surface area contributed by atoms with Gasteiger partial charge in [-0.2, -0.15) is 5.10 Å². The summed E-state index contributed by atoms with van der Waals surface area (Å²) in [5, 5.41) is 28.8. The summed E-state index contributed by atoms with van der Waals surface area (Å²) < 4.78 is 0. The van der Waals surface area contributed by atoms with Crippen molar-refractivity contribution in [1.29, 1.82) is 0 Å². The Balaban J connectivity index is 2.02. The van der Waals surface area contributed by atoms with E-state index in [0.717, 1.165) is 10.6 Å². The molecule has 1 aliphatic rings. The summed E-state index contributed by atoms with van der Waals surface area (Å²) in [5.74, 6) is -0.278. The zero-order valence-corrected chi connectivity index (χ0v) is 13.7. The Morgan fingerprint density at radius 1 is 1.50 bits per heavy atom. The van der Waals surface area contributed by atoms with E-state index in [-0.39, 0.29) is 23.8 Å². The Labute approximate surface area is 142 Å². The van der Waals surface area contributed by atoms with Crippen LogP contribution in [0.2, 0.25) is 0 Å². The van der Waals surface area contributed by atoms with E-state index < -0.39 is 11.0 Å². The van der Waals surface area contributed by atoms with E-state index in [4.69, 9.17) is 0 Å². The number of phenolic OH excluding ortho intramolecular Hbond substituents is 1. The lowest BCUT2D eigenvalue weighted by Gasteiger charge is -2.22. The van der Waals surface area contributed by atoms with Crippen molar-refractivity contribution in [2.24, 2.45) is 5.10 Å². The fraction of sp³-hybridized carbons (Fsp3) is 0.250. The molecule has 1 aromatic carbocycles. The molecule has 0 spiro atoms. The minimum Gasteiger partial charge on any atom is -0.508 e. The molecule has 3 rings (SSSR count). The maximum Gasteiger partial charge on any atom is 0.270 e. The first-order valence-corrected chi connectivity index (χ1v) is 8.30. The maximum atomic E-state index is 12.2. The van der Waals surface area contributed by atoms with Crippen LogP contribution in [0, 0.1) is 10.1 Å². The fourth-order valence-corrected chi connectivity index (χ4v) is 3.38.